The highest BCUT2D eigenvalue weighted by Crippen LogP contribution is 2.39. The Morgan fingerprint density at radius 2 is 2.00 bits per heavy atom. The van der Waals surface area contributed by atoms with Crippen LogP contribution < -0.4 is 10.1 Å². The Kier molecular flexibility index (Phi) is 5.33. The van der Waals surface area contributed by atoms with Crippen LogP contribution in [0.15, 0.2) is 24.3 Å². The van der Waals surface area contributed by atoms with Gasteiger partial charge < -0.3 is 10.1 Å². The van der Waals surface area contributed by atoms with Crippen molar-refractivity contribution in [1.82, 2.24) is 5.32 Å². The summed E-state index contributed by atoms with van der Waals surface area (Å²) >= 11 is 13.7. The number of benzene rings is 1. The summed E-state index contributed by atoms with van der Waals surface area (Å²) in [6, 6.07) is 8.04. The van der Waals surface area contributed by atoms with E-state index in [9.17, 15) is 0 Å². The van der Waals surface area contributed by atoms with Crippen molar-refractivity contribution in [2.24, 2.45) is 0 Å². The summed E-state index contributed by atoms with van der Waals surface area (Å²) in [5.74, 6) is 0.871. The van der Waals surface area contributed by atoms with Crippen molar-refractivity contribution in [2.75, 3.05) is 13.7 Å². The number of aryl methyl sites for hydroxylation is 1. The molecule has 20 heavy (non-hydrogen) atoms. The van der Waals surface area contributed by atoms with E-state index in [1.165, 1.54) is 16.9 Å². The van der Waals surface area contributed by atoms with Crippen LogP contribution in [0.5, 0.6) is 5.75 Å². The van der Waals surface area contributed by atoms with Crippen molar-refractivity contribution in [3.63, 3.8) is 0 Å². The van der Waals surface area contributed by atoms with Gasteiger partial charge in [-0.3, -0.25) is 0 Å². The minimum atomic E-state index is -0.0345. The molecule has 108 valence electrons. The molecule has 2 aromatic rings. The highest BCUT2D eigenvalue weighted by atomic mass is 35.5. The Balaban J connectivity index is 2.51. The second kappa shape index (κ2) is 6.81. The normalized spacial score (nSPS) is 12.4. The van der Waals surface area contributed by atoms with Crippen LogP contribution in [-0.2, 0) is 0 Å². The van der Waals surface area contributed by atoms with Gasteiger partial charge in [0.05, 0.1) is 21.3 Å². The smallest absolute Gasteiger partial charge is 0.124 e. The number of hydrogen-bond acceptors (Lipinski definition) is 3. The number of rotatable bonds is 5. The molecule has 1 N–H and O–H groups in total. The van der Waals surface area contributed by atoms with Gasteiger partial charge in [0.15, 0.2) is 0 Å². The van der Waals surface area contributed by atoms with Gasteiger partial charge in [0, 0.05) is 11.1 Å². The van der Waals surface area contributed by atoms with E-state index in [4.69, 9.17) is 27.9 Å². The SMILES string of the molecule is CCOc1ccc(C)cc1C(NC)c1cc(Cl)sc1Cl. The van der Waals surface area contributed by atoms with Crippen molar-refractivity contribution in [3.05, 3.63) is 49.6 Å². The molecular formula is C15H17Cl2NOS. The van der Waals surface area contributed by atoms with Crippen molar-refractivity contribution in [1.29, 1.82) is 0 Å². The maximum absolute atomic E-state index is 6.29. The van der Waals surface area contributed by atoms with E-state index >= 15 is 0 Å². The van der Waals surface area contributed by atoms with E-state index in [0.717, 1.165) is 16.9 Å². The maximum Gasteiger partial charge on any atom is 0.124 e. The van der Waals surface area contributed by atoms with Crippen LogP contribution in [0.2, 0.25) is 8.67 Å². The molecule has 1 heterocycles. The monoisotopic (exact) mass is 329 g/mol. The molecule has 0 spiro atoms. The molecule has 0 fully saturated rings. The van der Waals surface area contributed by atoms with Gasteiger partial charge in [-0.15, -0.1) is 11.3 Å². The Bertz CT molecular complexity index is 598. The molecule has 0 aliphatic heterocycles. The molecule has 0 aliphatic carbocycles. The molecule has 0 radical (unpaired) electrons. The summed E-state index contributed by atoms with van der Waals surface area (Å²) in [6.45, 7) is 4.67. The fourth-order valence-electron chi connectivity index (χ4n) is 2.21. The molecule has 0 aliphatic rings. The third kappa shape index (κ3) is 3.29. The summed E-state index contributed by atoms with van der Waals surface area (Å²) < 4.78 is 7.13. The zero-order chi connectivity index (χ0) is 14.7. The first-order valence-corrected chi connectivity index (χ1v) is 7.99. The Morgan fingerprint density at radius 1 is 1.25 bits per heavy atom. The molecule has 1 aromatic heterocycles. The zero-order valence-electron chi connectivity index (χ0n) is 11.7. The molecule has 0 saturated heterocycles. The van der Waals surface area contributed by atoms with E-state index in [1.54, 1.807) is 0 Å². The molecule has 5 heteroatoms. The third-order valence-corrected chi connectivity index (χ3v) is 4.58. The lowest BCUT2D eigenvalue weighted by Gasteiger charge is -2.20. The number of halogens is 2. The molecule has 0 amide bonds. The molecule has 1 atom stereocenters. The zero-order valence-corrected chi connectivity index (χ0v) is 14.0. The minimum absolute atomic E-state index is 0.0345. The molecule has 1 aromatic carbocycles. The maximum atomic E-state index is 6.29. The topological polar surface area (TPSA) is 21.3 Å². The van der Waals surface area contributed by atoms with Crippen molar-refractivity contribution in [3.8, 4) is 5.75 Å². The van der Waals surface area contributed by atoms with Crippen LogP contribution in [0.3, 0.4) is 0 Å². The van der Waals surface area contributed by atoms with Gasteiger partial charge in [-0.2, -0.15) is 0 Å². The van der Waals surface area contributed by atoms with Crippen LogP contribution in [0.4, 0.5) is 0 Å². The summed E-state index contributed by atoms with van der Waals surface area (Å²) in [4.78, 5) is 0. The number of ether oxygens (including phenoxy) is 1. The van der Waals surface area contributed by atoms with E-state index in [2.05, 4.69) is 18.3 Å². The predicted molar refractivity (Wildman–Crippen MR) is 87.6 cm³/mol. The van der Waals surface area contributed by atoms with Crippen LogP contribution >= 0.6 is 34.5 Å². The van der Waals surface area contributed by atoms with Crippen LogP contribution in [0.25, 0.3) is 0 Å². The van der Waals surface area contributed by atoms with Gasteiger partial charge >= 0.3 is 0 Å². The van der Waals surface area contributed by atoms with Crippen molar-refractivity contribution < 1.29 is 4.74 Å². The van der Waals surface area contributed by atoms with Gasteiger partial charge in [-0.1, -0.05) is 40.9 Å². The van der Waals surface area contributed by atoms with E-state index in [-0.39, 0.29) is 6.04 Å². The molecular weight excluding hydrogens is 313 g/mol. The van der Waals surface area contributed by atoms with Gasteiger partial charge in [0.2, 0.25) is 0 Å². The average Bonchev–Trinajstić information content (AvgIpc) is 2.73. The van der Waals surface area contributed by atoms with Crippen molar-refractivity contribution in [2.45, 2.75) is 19.9 Å². The fraction of sp³-hybridized carbons (Fsp3) is 0.333. The Hall–Kier alpha value is -0.740. The first kappa shape index (κ1) is 15.6. The summed E-state index contributed by atoms with van der Waals surface area (Å²) in [5.41, 5.74) is 3.24. The second-order valence-electron chi connectivity index (χ2n) is 4.48. The van der Waals surface area contributed by atoms with Crippen LogP contribution in [0, 0.1) is 6.92 Å². The minimum Gasteiger partial charge on any atom is -0.494 e. The standard InChI is InChI=1S/C15H17Cl2NOS/c1-4-19-12-6-5-9(2)7-10(12)14(18-3)11-8-13(16)20-15(11)17/h5-8,14,18H,4H2,1-3H3. The van der Waals surface area contributed by atoms with Gasteiger partial charge in [-0.05, 0) is 33.0 Å². The first-order valence-electron chi connectivity index (χ1n) is 6.42. The van der Waals surface area contributed by atoms with Crippen molar-refractivity contribution >= 4 is 34.5 Å². The van der Waals surface area contributed by atoms with E-state index in [1.807, 2.05) is 32.2 Å². The molecule has 0 saturated carbocycles. The fourth-order valence-corrected chi connectivity index (χ4v) is 3.74. The second-order valence-corrected chi connectivity index (χ2v) is 6.76. The quantitative estimate of drug-likeness (QED) is 0.826. The number of nitrogens with one attached hydrogen (secondary N) is 1. The Labute approximate surface area is 133 Å². The Morgan fingerprint density at radius 3 is 2.55 bits per heavy atom. The van der Waals surface area contributed by atoms with Crippen LogP contribution in [-0.4, -0.2) is 13.7 Å². The highest BCUT2D eigenvalue weighted by molar-refractivity contribution is 7.20. The summed E-state index contributed by atoms with van der Waals surface area (Å²) in [6.07, 6.45) is 0. The first-order chi connectivity index (χ1) is 9.56. The van der Waals surface area contributed by atoms with Crippen LogP contribution in [0.1, 0.15) is 29.7 Å². The third-order valence-electron chi connectivity index (χ3n) is 3.06. The molecule has 2 rings (SSSR count). The number of thiophene rings is 1. The summed E-state index contributed by atoms with van der Waals surface area (Å²) in [5, 5.41) is 3.30. The number of hydrogen-bond donors (Lipinski definition) is 1. The lowest BCUT2D eigenvalue weighted by molar-refractivity contribution is 0.334. The molecule has 1 unspecified atom stereocenters. The summed E-state index contributed by atoms with van der Waals surface area (Å²) in [7, 11) is 1.91. The van der Waals surface area contributed by atoms with E-state index < -0.39 is 0 Å². The average molecular weight is 330 g/mol. The van der Waals surface area contributed by atoms with Gasteiger partial charge in [0.25, 0.3) is 0 Å². The highest BCUT2D eigenvalue weighted by Gasteiger charge is 2.21. The molecule has 2 nitrogen and oxygen atoms in total. The molecule has 0 bridgehead atoms. The van der Waals surface area contributed by atoms with Gasteiger partial charge in [0.1, 0.15) is 5.75 Å². The lowest BCUT2D eigenvalue weighted by atomic mass is 9.98. The van der Waals surface area contributed by atoms with E-state index in [0.29, 0.717) is 15.3 Å². The predicted octanol–water partition coefficient (Wildman–Crippen LogP) is 5.07. The van der Waals surface area contributed by atoms with Gasteiger partial charge in [-0.25, -0.2) is 0 Å². The lowest BCUT2D eigenvalue weighted by Crippen LogP contribution is -2.18. The largest absolute Gasteiger partial charge is 0.494 e.